The second kappa shape index (κ2) is 4.73. The second-order valence-corrected chi connectivity index (χ2v) is 5.05. The number of rotatable bonds is 2. The first-order chi connectivity index (χ1) is 10.7. The van der Waals surface area contributed by atoms with Crippen molar-refractivity contribution in [1.29, 1.82) is 0 Å². The van der Waals surface area contributed by atoms with Gasteiger partial charge in [0.05, 0.1) is 11.1 Å². The van der Waals surface area contributed by atoms with E-state index in [1.807, 2.05) is 30.5 Å². The number of hydrogen-bond donors (Lipinski definition) is 3. The van der Waals surface area contributed by atoms with E-state index in [1.165, 1.54) is 6.33 Å². The van der Waals surface area contributed by atoms with E-state index < -0.39 is 6.10 Å². The summed E-state index contributed by atoms with van der Waals surface area (Å²) in [6.45, 7) is 1.72. The fourth-order valence-corrected chi connectivity index (χ4v) is 2.40. The minimum absolute atomic E-state index is 0.153. The van der Waals surface area contributed by atoms with Crippen molar-refractivity contribution in [1.82, 2.24) is 15.0 Å². The van der Waals surface area contributed by atoms with Crippen LogP contribution in [0.25, 0.3) is 11.0 Å². The lowest BCUT2D eigenvalue weighted by atomic mass is 10.2. The van der Waals surface area contributed by atoms with Crippen molar-refractivity contribution in [3.63, 3.8) is 0 Å². The van der Waals surface area contributed by atoms with E-state index >= 15 is 0 Å². The van der Waals surface area contributed by atoms with Crippen molar-refractivity contribution >= 4 is 34.1 Å². The summed E-state index contributed by atoms with van der Waals surface area (Å²) in [5, 5.41) is 6.95. The number of ether oxygens (including phenoxy) is 1. The van der Waals surface area contributed by atoms with E-state index in [2.05, 4.69) is 25.6 Å². The number of anilines is 3. The van der Waals surface area contributed by atoms with Crippen molar-refractivity contribution in [3.05, 3.63) is 36.8 Å². The van der Waals surface area contributed by atoms with Gasteiger partial charge < -0.3 is 20.4 Å². The van der Waals surface area contributed by atoms with Crippen LogP contribution < -0.4 is 15.4 Å². The zero-order chi connectivity index (χ0) is 15.1. The third kappa shape index (κ3) is 2.03. The molecule has 0 unspecified atom stereocenters. The summed E-state index contributed by atoms with van der Waals surface area (Å²) in [6, 6.07) is 7.43. The van der Waals surface area contributed by atoms with Crippen LogP contribution in [-0.2, 0) is 4.79 Å². The highest BCUT2D eigenvalue weighted by Gasteiger charge is 2.23. The molecule has 3 aromatic rings. The lowest BCUT2D eigenvalue weighted by molar-refractivity contribution is -0.122. The molecule has 7 heteroatoms. The largest absolute Gasteiger partial charge is 0.479 e. The molecular formula is C15H13N5O2. The van der Waals surface area contributed by atoms with Crippen LogP contribution in [0.15, 0.2) is 36.8 Å². The highest BCUT2D eigenvalue weighted by Crippen LogP contribution is 2.33. The Bertz CT molecular complexity index is 873. The molecule has 0 spiro atoms. The zero-order valence-electron chi connectivity index (χ0n) is 11.8. The summed E-state index contributed by atoms with van der Waals surface area (Å²) in [4.78, 5) is 23.1. The molecule has 3 heterocycles. The van der Waals surface area contributed by atoms with Crippen LogP contribution in [0.4, 0.5) is 17.2 Å². The van der Waals surface area contributed by atoms with Gasteiger partial charge in [0, 0.05) is 11.9 Å². The number of carbonyl (C=O) groups excluding carboxylic acids is 1. The van der Waals surface area contributed by atoms with Gasteiger partial charge in [-0.05, 0) is 31.2 Å². The molecule has 1 aliphatic heterocycles. The first-order valence-corrected chi connectivity index (χ1v) is 6.87. The molecular weight excluding hydrogens is 282 g/mol. The zero-order valence-corrected chi connectivity index (χ0v) is 11.8. The minimum atomic E-state index is -0.479. The Balaban J connectivity index is 1.68. The molecule has 0 radical (unpaired) electrons. The van der Waals surface area contributed by atoms with E-state index in [0.29, 0.717) is 17.3 Å². The number of fused-ring (bicyclic) bond motifs is 2. The molecule has 1 amide bonds. The van der Waals surface area contributed by atoms with Gasteiger partial charge in [0.15, 0.2) is 6.10 Å². The average molecular weight is 295 g/mol. The fraction of sp³-hybridized carbons (Fsp3) is 0.133. The predicted octanol–water partition coefficient (Wildman–Crippen LogP) is 2.42. The van der Waals surface area contributed by atoms with Crippen molar-refractivity contribution < 1.29 is 9.53 Å². The van der Waals surface area contributed by atoms with Gasteiger partial charge in [0.25, 0.3) is 5.91 Å². The lowest BCUT2D eigenvalue weighted by Crippen LogP contribution is -2.34. The van der Waals surface area contributed by atoms with Gasteiger partial charge in [-0.1, -0.05) is 0 Å². The van der Waals surface area contributed by atoms with Gasteiger partial charge in [-0.2, -0.15) is 0 Å². The first kappa shape index (κ1) is 12.6. The highest BCUT2D eigenvalue weighted by atomic mass is 16.5. The average Bonchev–Trinajstić information content (AvgIpc) is 2.98. The van der Waals surface area contributed by atoms with E-state index in [4.69, 9.17) is 4.74 Å². The van der Waals surface area contributed by atoms with E-state index in [1.54, 1.807) is 6.92 Å². The third-order valence-electron chi connectivity index (χ3n) is 3.53. The van der Waals surface area contributed by atoms with E-state index in [-0.39, 0.29) is 5.91 Å². The number of benzene rings is 1. The first-order valence-electron chi connectivity index (χ1n) is 6.87. The predicted molar refractivity (Wildman–Crippen MR) is 82.3 cm³/mol. The Morgan fingerprint density at radius 1 is 1.27 bits per heavy atom. The van der Waals surface area contributed by atoms with Crippen molar-refractivity contribution in [2.75, 3.05) is 10.6 Å². The highest BCUT2D eigenvalue weighted by molar-refractivity contribution is 5.98. The van der Waals surface area contributed by atoms with Gasteiger partial charge in [-0.3, -0.25) is 4.79 Å². The SMILES string of the molecule is C[C@@H]1Oc2ccc(Nc3ncnc4[nH]ccc34)cc2NC1=O. The summed E-state index contributed by atoms with van der Waals surface area (Å²) in [5.41, 5.74) is 2.21. The smallest absolute Gasteiger partial charge is 0.265 e. The number of nitrogens with one attached hydrogen (secondary N) is 3. The fourth-order valence-electron chi connectivity index (χ4n) is 2.40. The monoisotopic (exact) mass is 295 g/mol. The summed E-state index contributed by atoms with van der Waals surface area (Å²) >= 11 is 0. The van der Waals surface area contributed by atoms with Crippen LogP contribution in [0, 0.1) is 0 Å². The molecule has 0 fully saturated rings. The van der Waals surface area contributed by atoms with Crippen LogP contribution in [0.1, 0.15) is 6.92 Å². The number of aromatic nitrogens is 3. The molecule has 110 valence electrons. The lowest BCUT2D eigenvalue weighted by Gasteiger charge is -2.23. The third-order valence-corrected chi connectivity index (χ3v) is 3.53. The normalized spacial score (nSPS) is 16.8. The van der Waals surface area contributed by atoms with E-state index in [0.717, 1.165) is 16.7 Å². The maximum atomic E-state index is 11.7. The number of H-pyrrole nitrogens is 1. The molecule has 7 nitrogen and oxygen atoms in total. The van der Waals surface area contributed by atoms with Crippen molar-refractivity contribution in [3.8, 4) is 5.75 Å². The van der Waals surface area contributed by atoms with Crippen LogP contribution in [0.2, 0.25) is 0 Å². The van der Waals surface area contributed by atoms with Crippen LogP contribution in [0.5, 0.6) is 5.75 Å². The molecule has 0 saturated carbocycles. The van der Waals surface area contributed by atoms with Gasteiger partial charge in [-0.15, -0.1) is 0 Å². The maximum Gasteiger partial charge on any atom is 0.265 e. The molecule has 0 saturated heterocycles. The Labute approximate surface area is 125 Å². The summed E-state index contributed by atoms with van der Waals surface area (Å²) in [5.74, 6) is 1.20. The molecule has 22 heavy (non-hydrogen) atoms. The standard InChI is InChI=1S/C15H13N5O2/c1-8-15(21)20-11-6-9(2-3-12(11)22-8)19-14-10-4-5-16-13(10)17-7-18-14/h2-8H,1H3,(H,20,21)(H2,16,17,18,19)/t8-/m0/s1. The van der Waals surface area contributed by atoms with Crippen LogP contribution >= 0.6 is 0 Å². The molecule has 4 rings (SSSR count). The summed E-state index contributed by atoms with van der Waals surface area (Å²) in [7, 11) is 0. The molecule has 1 aromatic carbocycles. The summed E-state index contributed by atoms with van der Waals surface area (Å²) in [6.07, 6.45) is 2.83. The van der Waals surface area contributed by atoms with Gasteiger partial charge >= 0.3 is 0 Å². The molecule has 1 atom stereocenters. The number of hydrogen-bond acceptors (Lipinski definition) is 5. The van der Waals surface area contributed by atoms with Gasteiger partial charge in [-0.25, -0.2) is 9.97 Å². The van der Waals surface area contributed by atoms with Gasteiger partial charge in [0.1, 0.15) is 23.5 Å². The minimum Gasteiger partial charge on any atom is -0.479 e. The number of carbonyl (C=O) groups is 1. The Morgan fingerprint density at radius 2 is 2.18 bits per heavy atom. The Kier molecular flexibility index (Phi) is 2.72. The van der Waals surface area contributed by atoms with Crippen LogP contribution in [0.3, 0.4) is 0 Å². The molecule has 1 aliphatic rings. The number of amides is 1. The maximum absolute atomic E-state index is 11.7. The Morgan fingerprint density at radius 3 is 3.09 bits per heavy atom. The second-order valence-electron chi connectivity index (χ2n) is 5.05. The van der Waals surface area contributed by atoms with Crippen LogP contribution in [-0.4, -0.2) is 27.0 Å². The molecule has 3 N–H and O–H groups in total. The number of aromatic amines is 1. The van der Waals surface area contributed by atoms with Crippen molar-refractivity contribution in [2.24, 2.45) is 0 Å². The topological polar surface area (TPSA) is 91.9 Å². The summed E-state index contributed by atoms with van der Waals surface area (Å²) < 4.78 is 5.54. The molecule has 0 bridgehead atoms. The quantitative estimate of drug-likeness (QED) is 0.675. The van der Waals surface area contributed by atoms with E-state index in [9.17, 15) is 4.79 Å². The van der Waals surface area contributed by atoms with Gasteiger partial charge in [0.2, 0.25) is 0 Å². The molecule has 2 aromatic heterocycles. The number of nitrogens with zero attached hydrogens (tertiary/aromatic N) is 2. The molecule has 0 aliphatic carbocycles. The Hall–Kier alpha value is -3.09. The van der Waals surface area contributed by atoms with Crippen molar-refractivity contribution in [2.45, 2.75) is 13.0 Å².